The fraction of sp³-hybridized carbons (Fsp3) is 0.667. The summed E-state index contributed by atoms with van der Waals surface area (Å²) in [6.45, 7) is 13.6. The normalized spacial score (nSPS) is 14.2. The molecule has 1 unspecified atom stereocenters. The van der Waals surface area contributed by atoms with Crippen LogP contribution in [0.15, 0.2) is 18.5 Å². The molecule has 20 heavy (non-hydrogen) atoms. The number of aliphatic hydroxyl groups excluding tert-OH is 1. The van der Waals surface area contributed by atoms with Crippen LogP contribution in [0.1, 0.15) is 33.3 Å². The van der Waals surface area contributed by atoms with E-state index in [1.807, 2.05) is 6.92 Å². The Kier molecular flexibility index (Phi) is 5.74. The number of aliphatic hydroxyl groups is 1. The average molecular weight is 297 g/mol. The smallest absolute Gasteiger partial charge is 0.192 e. The van der Waals surface area contributed by atoms with Crippen molar-refractivity contribution in [3.63, 3.8) is 0 Å². The largest absolute Gasteiger partial charge is 0.487 e. The summed E-state index contributed by atoms with van der Waals surface area (Å²) in [5.74, 6) is 0.669. The Morgan fingerprint density at radius 3 is 2.50 bits per heavy atom. The molecule has 0 aromatic carbocycles. The second-order valence-electron chi connectivity index (χ2n) is 6.69. The van der Waals surface area contributed by atoms with E-state index in [-0.39, 0.29) is 17.7 Å². The van der Waals surface area contributed by atoms with E-state index in [0.29, 0.717) is 12.4 Å². The van der Waals surface area contributed by atoms with Crippen LogP contribution >= 0.6 is 0 Å². The van der Waals surface area contributed by atoms with Crippen LogP contribution in [-0.2, 0) is 11.0 Å². The van der Waals surface area contributed by atoms with Crippen LogP contribution in [0.25, 0.3) is 0 Å². The van der Waals surface area contributed by atoms with Crippen molar-refractivity contribution in [2.24, 2.45) is 0 Å². The Labute approximate surface area is 123 Å². The summed E-state index contributed by atoms with van der Waals surface area (Å²) in [7, 11) is -1.74. The first kappa shape index (κ1) is 17.1. The van der Waals surface area contributed by atoms with Crippen molar-refractivity contribution >= 4 is 8.32 Å². The number of hydrogen-bond acceptors (Lipinski definition) is 4. The minimum Gasteiger partial charge on any atom is -0.487 e. The van der Waals surface area contributed by atoms with Gasteiger partial charge in [0, 0.05) is 6.20 Å². The minimum atomic E-state index is -1.74. The number of ether oxygens (including phenoxy) is 1. The van der Waals surface area contributed by atoms with E-state index in [4.69, 9.17) is 14.3 Å². The number of nitrogens with zero attached hydrogens (tertiary/aromatic N) is 1. The van der Waals surface area contributed by atoms with E-state index < -0.39 is 8.32 Å². The summed E-state index contributed by atoms with van der Waals surface area (Å²) in [5.41, 5.74) is 0.750. The molecule has 0 amide bonds. The molecule has 0 spiro atoms. The summed E-state index contributed by atoms with van der Waals surface area (Å²) in [6, 6.07) is 1.80. The summed E-state index contributed by atoms with van der Waals surface area (Å²) in [5, 5.41) is 9.28. The molecule has 1 N–H and O–H groups in total. The monoisotopic (exact) mass is 297 g/mol. The molecule has 5 heteroatoms. The Balaban J connectivity index is 2.53. The molecule has 0 aliphatic rings. The molecular weight excluding hydrogens is 270 g/mol. The molecule has 0 bridgehead atoms. The highest BCUT2D eigenvalue weighted by atomic mass is 28.4. The highest BCUT2D eigenvalue weighted by molar-refractivity contribution is 6.74. The van der Waals surface area contributed by atoms with Crippen LogP contribution in [0.4, 0.5) is 0 Å². The molecule has 1 heterocycles. The minimum absolute atomic E-state index is 0.0287. The maximum atomic E-state index is 9.08. The van der Waals surface area contributed by atoms with Gasteiger partial charge in [0.25, 0.3) is 0 Å². The molecule has 1 aromatic rings. The number of pyridine rings is 1. The number of rotatable bonds is 6. The topological polar surface area (TPSA) is 51.6 Å². The summed E-state index contributed by atoms with van der Waals surface area (Å²) in [6.07, 6.45) is 3.24. The average Bonchev–Trinajstić information content (AvgIpc) is 2.35. The maximum Gasteiger partial charge on any atom is 0.192 e. The van der Waals surface area contributed by atoms with Crippen LogP contribution in [0, 0.1) is 0 Å². The zero-order chi connectivity index (χ0) is 15.4. The van der Waals surface area contributed by atoms with Crippen LogP contribution in [-0.4, -0.2) is 31.1 Å². The second-order valence-corrected chi connectivity index (χ2v) is 11.5. The van der Waals surface area contributed by atoms with Crippen LogP contribution in [0.2, 0.25) is 18.1 Å². The Morgan fingerprint density at radius 2 is 1.95 bits per heavy atom. The molecule has 0 saturated heterocycles. The third kappa shape index (κ3) is 4.88. The lowest BCUT2D eigenvalue weighted by Gasteiger charge is -2.36. The first-order chi connectivity index (χ1) is 9.15. The third-order valence-corrected chi connectivity index (χ3v) is 8.28. The van der Waals surface area contributed by atoms with Crippen molar-refractivity contribution in [3.8, 4) is 5.75 Å². The highest BCUT2D eigenvalue weighted by Gasteiger charge is 2.37. The number of aromatic nitrogens is 1. The van der Waals surface area contributed by atoms with Crippen molar-refractivity contribution in [1.29, 1.82) is 0 Å². The van der Waals surface area contributed by atoms with Gasteiger partial charge < -0.3 is 14.3 Å². The molecular formula is C15H27NO3Si. The lowest BCUT2D eigenvalue weighted by atomic mass is 10.2. The Hall–Kier alpha value is -0.913. The van der Waals surface area contributed by atoms with Crippen LogP contribution in [0.5, 0.6) is 5.75 Å². The van der Waals surface area contributed by atoms with Crippen LogP contribution < -0.4 is 4.74 Å². The zero-order valence-electron chi connectivity index (χ0n) is 13.4. The lowest BCUT2D eigenvalue weighted by molar-refractivity contribution is 0.133. The van der Waals surface area contributed by atoms with Gasteiger partial charge in [-0.15, -0.1) is 0 Å². The van der Waals surface area contributed by atoms with Gasteiger partial charge in [0.05, 0.1) is 19.4 Å². The Morgan fingerprint density at radius 1 is 1.30 bits per heavy atom. The third-order valence-electron chi connectivity index (χ3n) is 3.77. The zero-order valence-corrected chi connectivity index (χ0v) is 14.4. The lowest BCUT2D eigenvalue weighted by Crippen LogP contribution is -2.43. The van der Waals surface area contributed by atoms with E-state index in [0.717, 1.165) is 5.56 Å². The quantitative estimate of drug-likeness (QED) is 0.818. The number of hydrogen-bond donors (Lipinski definition) is 1. The van der Waals surface area contributed by atoms with Crippen LogP contribution in [0.3, 0.4) is 0 Å². The van der Waals surface area contributed by atoms with Gasteiger partial charge in [-0.25, -0.2) is 0 Å². The van der Waals surface area contributed by atoms with Crippen molar-refractivity contribution in [2.75, 3.05) is 6.61 Å². The summed E-state index contributed by atoms with van der Waals surface area (Å²) in [4.78, 5) is 4.04. The van der Waals surface area contributed by atoms with E-state index in [1.54, 1.807) is 18.5 Å². The van der Waals surface area contributed by atoms with Crippen molar-refractivity contribution in [2.45, 2.75) is 58.5 Å². The van der Waals surface area contributed by atoms with Gasteiger partial charge in [0.2, 0.25) is 0 Å². The van der Waals surface area contributed by atoms with E-state index in [2.05, 4.69) is 38.8 Å². The van der Waals surface area contributed by atoms with E-state index in [9.17, 15) is 0 Å². The molecule has 114 valence electrons. The van der Waals surface area contributed by atoms with Gasteiger partial charge in [-0.2, -0.15) is 0 Å². The molecule has 0 saturated carbocycles. The molecule has 1 atom stereocenters. The van der Waals surface area contributed by atoms with Gasteiger partial charge in [-0.05, 0) is 36.7 Å². The fourth-order valence-corrected chi connectivity index (χ4v) is 2.51. The van der Waals surface area contributed by atoms with Crippen molar-refractivity contribution in [3.05, 3.63) is 24.0 Å². The summed E-state index contributed by atoms with van der Waals surface area (Å²) >= 11 is 0. The fourth-order valence-electron chi connectivity index (χ4n) is 1.42. The first-order valence-electron chi connectivity index (χ1n) is 7.01. The van der Waals surface area contributed by atoms with Crippen molar-refractivity contribution in [1.82, 2.24) is 4.98 Å². The van der Waals surface area contributed by atoms with Gasteiger partial charge in [-0.3, -0.25) is 4.98 Å². The molecule has 0 aliphatic carbocycles. The standard InChI is InChI=1S/C15H27NO3Si/c1-12(11-18-20(5,6)15(2,3)4)19-14-7-13(10-17)8-16-9-14/h7-9,12,17H,10-11H2,1-6H3. The molecule has 1 aromatic heterocycles. The van der Waals surface area contributed by atoms with E-state index in [1.165, 1.54) is 0 Å². The molecule has 0 aliphatic heterocycles. The first-order valence-corrected chi connectivity index (χ1v) is 9.92. The Bertz CT molecular complexity index is 429. The second kappa shape index (κ2) is 6.69. The molecule has 0 fully saturated rings. The van der Waals surface area contributed by atoms with Crippen molar-refractivity contribution < 1.29 is 14.3 Å². The van der Waals surface area contributed by atoms with Gasteiger partial charge in [-0.1, -0.05) is 20.8 Å². The predicted molar refractivity (Wildman–Crippen MR) is 83.4 cm³/mol. The summed E-state index contributed by atoms with van der Waals surface area (Å²) < 4.78 is 11.9. The molecule has 1 rings (SSSR count). The van der Waals surface area contributed by atoms with E-state index >= 15 is 0 Å². The molecule has 4 nitrogen and oxygen atoms in total. The maximum absolute atomic E-state index is 9.08. The van der Waals surface area contributed by atoms with Gasteiger partial charge >= 0.3 is 0 Å². The molecule has 0 radical (unpaired) electrons. The highest BCUT2D eigenvalue weighted by Crippen LogP contribution is 2.36. The van der Waals surface area contributed by atoms with Gasteiger partial charge in [0.1, 0.15) is 11.9 Å². The predicted octanol–water partition coefficient (Wildman–Crippen LogP) is 3.36. The SMILES string of the molecule is CC(CO[Si](C)(C)C(C)(C)C)Oc1cncc(CO)c1. The van der Waals surface area contributed by atoms with Gasteiger partial charge in [0.15, 0.2) is 8.32 Å².